The van der Waals surface area contributed by atoms with E-state index in [-0.39, 0.29) is 23.4 Å². The van der Waals surface area contributed by atoms with Crippen LogP contribution in [0.4, 0.5) is 11.4 Å². The van der Waals surface area contributed by atoms with Crippen LogP contribution < -0.4 is 10.6 Å². The summed E-state index contributed by atoms with van der Waals surface area (Å²) in [5.74, 6) is -0.488. The van der Waals surface area contributed by atoms with E-state index >= 15 is 0 Å². The number of nitrogens with one attached hydrogen (secondary N) is 2. The first-order valence-electron chi connectivity index (χ1n) is 8.33. The number of anilines is 2. The van der Waals surface area contributed by atoms with E-state index in [1.807, 2.05) is 39.0 Å². The zero-order chi connectivity index (χ0) is 17.5. The molecule has 0 aliphatic heterocycles. The highest BCUT2D eigenvalue weighted by molar-refractivity contribution is 6.08. The number of aryl methyl sites for hydroxylation is 1. The SMILES string of the molecule is CCC(CC)C(=O)Nc1cn(CC)nc1C(=O)Nc1ccccc1. The van der Waals surface area contributed by atoms with Gasteiger partial charge in [0.25, 0.3) is 5.91 Å². The van der Waals surface area contributed by atoms with Crippen LogP contribution in [0.15, 0.2) is 36.5 Å². The molecule has 1 aromatic heterocycles. The smallest absolute Gasteiger partial charge is 0.278 e. The topological polar surface area (TPSA) is 76.0 Å². The number of para-hydroxylation sites is 1. The van der Waals surface area contributed by atoms with Crippen molar-refractivity contribution in [2.45, 2.75) is 40.2 Å². The van der Waals surface area contributed by atoms with Gasteiger partial charge in [0, 0.05) is 24.3 Å². The fourth-order valence-electron chi connectivity index (χ4n) is 2.45. The van der Waals surface area contributed by atoms with Crippen molar-refractivity contribution in [2.75, 3.05) is 10.6 Å². The Hall–Kier alpha value is -2.63. The van der Waals surface area contributed by atoms with Crippen LogP contribution in [0, 0.1) is 5.92 Å². The van der Waals surface area contributed by atoms with E-state index in [1.165, 1.54) is 0 Å². The number of carbonyl (C=O) groups is 2. The summed E-state index contributed by atoms with van der Waals surface area (Å²) in [6.45, 7) is 6.50. The van der Waals surface area contributed by atoms with Gasteiger partial charge in [-0.1, -0.05) is 32.0 Å². The lowest BCUT2D eigenvalue weighted by Gasteiger charge is -2.12. The van der Waals surface area contributed by atoms with E-state index in [0.29, 0.717) is 17.9 Å². The van der Waals surface area contributed by atoms with Crippen molar-refractivity contribution >= 4 is 23.2 Å². The lowest BCUT2D eigenvalue weighted by Crippen LogP contribution is -2.23. The Morgan fingerprint density at radius 2 is 1.75 bits per heavy atom. The molecule has 6 heteroatoms. The van der Waals surface area contributed by atoms with Gasteiger partial charge in [0.1, 0.15) is 0 Å². The summed E-state index contributed by atoms with van der Waals surface area (Å²) in [7, 11) is 0. The maximum absolute atomic E-state index is 12.5. The first-order valence-corrected chi connectivity index (χ1v) is 8.33. The molecule has 2 rings (SSSR count). The number of amides is 2. The molecule has 24 heavy (non-hydrogen) atoms. The van der Waals surface area contributed by atoms with Crippen LogP contribution >= 0.6 is 0 Å². The Bertz CT molecular complexity index is 690. The van der Waals surface area contributed by atoms with Gasteiger partial charge >= 0.3 is 0 Å². The van der Waals surface area contributed by atoms with E-state index in [9.17, 15) is 9.59 Å². The molecule has 0 fully saturated rings. The molecule has 0 atom stereocenters. The maximum atomic E-state index is 12.5. The minimum atomic E-state index is -0.340. The number of rotatable bonds is 7. The lowest BCUT2D eigenvalue weighted by molar-refractivity contribution is -0.120. The van der Waals surface area contributed by atoms with Gasteiger partial charge in [0.05, 0.1) is 5.69 Å². The fraction of sp³-hybridized carbons (Fsp3) is 0.389. The second kappa shape index (κ2) is 8.29. The van der Waals surface area contributed by atoms with Gasteiger partial charge in [-0.25, -0.2) is 0 Å². The predicted octanol–water partition coefficient (Wildman–Crippen LogP) is 3.53. The maximum Gasteiger partial charge on any atom is 0.278 e. The molecule has 0 aliphatic rings. The summed E-state index contributed by atoms with van der Waals surface area (Å²) in [6, 6.07) is 9.17. The first kappa shape index (κ1) is 17.7. The number of hydrogen-bond donors (Lipinski definition) is 2. The average Bonchev–Trinajstić information content (AvgIpc) is 3.00. The van der Waals surface area contributed by atoms with E-state index in [2.05, 4.69) is 15.7 Å². The minimum absolute atomic E-state index is 0.0694. The van der Waals surface area contributed by atoms with Crippen molar-refractivity contribution in [3.05, 3.63) is 42.2 Å². The molecule has 0 spiro atoms. The van der Waals surface area contributed by atoms with Crippen molar-refractivity contribution in [3.8, 4) is 0 Å². The van der Waals surface area contributed by atoms with Crippen molar-refractivity contribution in [2.24, 2.45) is 5.92 Å². The lowest BCUT2D eigenvalue weighted by atomic mass is 10.0. The van der Waals surface area contributed by atoms with Crippen LogP contribution in [0.2, 0.25) is 0 Å². The minimum Gasteiger partial charge on any atom is -0.323 e. The third-order valence-corrected chi connectivity index (χ3v) is 3.95. The Kier molecular flexibility index (Phi) is 6.12. The number of aromatic nitrogens is 2. The monoisotopic (exact) mass is 328 g/mol. The van der Waals surface area contributed by atoms with Crippen LogP contribution in [-0.2, 0) is 11.3 Å². The predicted molar refractivity (Wildman–Crippen MR) is 95.0 cm³/mol. The number of carbonyl (C=O) groups excluding carboxylic acids is 2. The molecule has 0 unspecified atom stereocenters. The summed E-state index contributed by atoms with van der Waals surface area (Å²) in [5.41, 5.74) is 1.35. The van der Waals surface area contributed by atoms with Crippen molar-refractivity contribution < 1.29 is 9.59 Å². The molecule has 2 N–H and O–H groups in total. The molecule has 2 aromatic rings. The van der Waals surface area contributed by atoms with Crippen molar-refractivity contribution in [3.63, 3.8) is 0 Å². The van der Waals surface area contributed by atoms with Gasteiger partial charge in [0.15, 0.2) is 5.69 Å². The molecule has 0 saturated heterocycles. The van der Waals surface area contributed by atoms with Crippen LogP contribution in [-0.4, -0.2) is 21.6 Å². The first-order chi connectivity index (χ1) is 11.6. The van der Waals surface area contributed by atoms with Crippen LogP contribution in [0.3, 0.4) is 0 Å². The second-order valence-corrected chi connectivity index (χ2v) is 5.57. The highest BCUT2D eigenvalue weighted by Gasteiger charge is 2.21. The molecule has 2 amide bonds. The van der Waals surface area contributed by atoms with E-state index in [0.717, 1.165) is 12.8 Å². The highest BCUT2D eigenvalue weighted by Crippen LogP contribution is 2.19. The third-order valence-electron chi connectivity index (χ3n) is 3.95. The summed E-state index contributed by atoms with van der Waals surface area (Å²) < 4.78 is 1.64. The number of hydrogen-bond acceptors (Lipinski definition) is 3. The van der Waals surface area contributed by atoms with Gasteiger partial charge < -0.3 is 10.6 Å². The Labute approximate surface area is 142 Å². The van der Waals surface area contributed by atoms with Crippen LogP contribution in [0.25, 0.3) is 0 Å². The molecule has 0 aliphatic carbocycles. The summed E-state index contributed by atoms with van der Waals surface area (Å²) in [4.78, 5) is 24.8. The summed E-state index contributed by atoms with van der Waals surface area (Å²) in [5, 5.41) is 9.93. The van der Waals surface area contributed by atoms with Gasteiger partial charge in [-0.05, 0) is 31.9 Å². The van der Waals surface area contributed by atoms with Gasteiger partial charge in [0.2, 0.25) is 5.91 Å². The van der Waals surface area contributed by atoms with E-state index < -0.39 is 0 Å². The van der Waals surface area contributed by atoms with Crippen LogP contribution in [0.1, 0.15) is 44.1 Å². The Morgan fingerprint density at radius 1 is 1.08 bits per heavy atom. The second-order valence-electron chi connectivity index (χ2n) is 5.57. The van der Waals surface area contributed by atoms with E-state index in [4.69, 9.17) is 0 Å². The molecule has 6 nitrogen and oxygen atoms in total. The standard InChI is InChI=1S/C18H24N4O2/c1-4-13(5-2)17(23)20-15-12-22(6-3)21-16(15)18(24)19-14-10-8-7-9-11-14/h7-13H,4-6H2,1-3H3,(H,19,24)(H,20,23). The summed E-state index contributed by atoms with van der Waals surface area (Å²) in [6.07, 6.45) is 3.21. The zero-order valence-electron chi connectivity index (χ0n) is 14.4. The summed E-state index contributed by atoms with van der Waals surface area (Å²) >= 11 is 0. The van der Waals surface area contributed by atoms with Gasteiger partial charge in [-0.15, -0.1) is 0 Å². The molecule has 0 saturated carbocycles. The van der Waals surface area contributed by atoms with Gasteiger partial charge in [-0.3, -0.25) is 14.3 Å². The highest BCUT2D eigenvalue weighted by atomic mass is 16.2. The molecule has 128 valence electrons. The Balaban J connectivity index is 2.21. The van der Waals surface area contributed by atoms with Gasteiger partial charge in [-0.2, -0.15) is 5.10 Å². The van der Waals surface area contributed by atoms with E-state index in [1.54, 1.807) is 23.0 Å². The van der Waals surface area contributed by atoms with Crippen molar-refractivity contribution in [1.82, 2.24) is 9.78 Å². The van der Waals surface area contributed by atoms with Crippen LogP contribution in [0.5, 0.6) is 0 Å². The number of nitrogens with zero attached hydrogens (tertiary/aromatic N) is 2. The molecule has 1 heterocycles. The molecule has 0 bridgehead atoms. The molecule has 1 aromatic carbocycles. The molecular weight excluding hydrogens is 304 g/mol. The zero-order valence-corrected chi connectivity index (χ0v) is 14.4. The largest absolute Gasteiger partial charge is 0.323 e. The third kappa shape index (κ3) is 4.22. The normalized spacial score (nSPS) is 10.7. The molecule has 0 radical (unpaired) electrons. The number of benzene rings is 1. The Morgan fingerprint density at radius 3 is 2.33 bits per heavy atom. The molecular formula is C18H24N4O2. The fourth-order valence-corrected chi connectivity index (χ4v) is 2.45. The quantitative estimate of drug-likeness (QED) is 0.816. The average molecular weight is 328 g/mol. The van der Waals surface area contributed by atoms with Crippen molar-refractivity contribution in [1.29, 1.82) is 0 Å².